The number of pyridine rings is 1. The fraction of sp³-hybridized carbons (Fsp3) is 0.289. The smallest absolute Gasteiger partial charge is 0.337 e. The highest BCUT2D eigenvalue weighted by atomic mass is 35.5. The van der Waals surface area contributed by atoms with Crippen LogP contribution in [0.1, 0.15) is 68.3 Å². The van der Waals surface area contributed by atoms with Crippen LogP contribution < -0.4 is 9.64 Å². The Balaban J connectivity index is 1.38. The van der Waals surface area contributed by atoms with Gasteiger partial charge in [-0.15, -0.1) is 0 Å². The van der Waals surface area contributed by atoms with Gasteiger partial charge < -0.3 is 23.9 Å². The number of carbonyl (C=O) groups excluding carboxylic acids is 1. The van der Waals surface area contributed by atoms with Crippen molar-refractivity contribution in [3.8, 4) is 16.9 Å². The van der Waals surface area contributed by atoms with E-state index in [-0.39, 0.29) is 17.5 Å². The molecule has 12 heteroatoms. The minimum absolute atomic E-state index is 0.0541. The van der Waals surface area contributed by atoms with Gasteiger partial charge in [0.15, 0.2) is 0 Å². The lowest BCUT2D eigenvalue weighted by Gasteiger charge is -2.34. The summed E-state index contributed by atoms with van der Waals surface area (Å²) in [6.45, 7) is 10.6. The van der Waals surface area contributed by atoms with E-state index in [1.807, 2.05) is 69.8 Å². The topological polar surface area (TPSA) is 115 Å². The van der Waals surface area contributed by atoms with Gasteiger partial charge in [-0.1, -0.05) is 29.3 Å². The molecule has 0 unspecified atom stereocenters. The molecule has 0 saturated carbocycles. The van der Waals surface area contributed by atoms with Crippen molar-refractivity contribution in [2.75, 3.05) is 18.1 Å². The lowest BCUT2D eigenvalue weighted by Crippen LogP contribution is -2.42. The zero-order valence-corrected chi connectivity index (χ0v) is 30.1. The summed E-state index contributed by atoms with van der Waals surface area (Å²) in [4.78, 5) is 41.9. The summed E-state index contributed by atoms with van der Waals surface area (Å²) in [6.07, 6.45) is 5.92. The van der Waals surface area contributed by atoms with Crippen molar-refractivity contribution >= 4 is 62.7 Å². The molecule has 50 heavy (non-hydrogen) atoms. The van der Waals surface area contributed by atoms with Crippen molar-refractivity contribution in [2.24, 2.45) is 7.05 Å². The number of carbonyl (C=O) groups is 2. The van der Waals surface area contributed by atoms with Crippen molar-refractivity contribution in [1.82, 2.24) is 24.1 Å². The van der Waals surface area contributed by atoms with E-state index in [4.69, 9.17) is 27.9 Å². The fourth-order valence-corrected chi connectivity index (χ4v) is 7.69. The molecule has 0 spiro atoms. The van der Waals surface area contributed by atoms with E-state index >= 15 is 0 Å². The summed E-state index contributed by atoms with van der Waals surface area (Å²) >= 11 is 13.4. The summed E-state index contributed by atoms with van der Waals surface area (Å²) in [7, 11) is 1.84. The molecule has 4 aromatic heterocycles. The van der Waals surface area contributed by atoms with Gasteiger partial charge in [0.1, 0.15) is 23.4 Å². The number of nitrogens with zero attached hydrogens (tertiary/aromatic N) is 6. The van der Waals surface area contributed by atoms with Gasteiger partial charge in [0.25, 0.3) is 5.91 Å². The summed E-state index contributed by atoms with van der Waals surface area (Å²) in [5.41, 5.74) is 8.69. The van der Waals surface area contributed by atoms with E-state index in [1.165, 1.54) is 6.20 Å². The molecular weight excluding hydrogens is 675 g/mol. The molecule has 0 fully saturated rings. The first-order chi connectivity index (χ1) is 23.9. The molecule has 1 aliphatic heterocycles. The first-order valence-corrected chi connectivity index (χ1v) is 17.2. The Morgan fingerprint density at radius 1 is 1.00 bits per heavy atom. The van der Waals surface area contributed by atoms with E-state index in [1.54, 1.807) is 17.3 Å². The van der Waals surface area contributed by atoms with Crippen molar-refractivity contribution in [3.63, 3.8) is 0 Å². The quantitative estimate of drug-likeness (QED) is 0.158. The molecule has 1 N–H and O–H groups in total. The number of carboxylic acids is 1. The maximum Gasteiger partial charge on any atom is 0.337 e. The molecule has 1 atom stereocenters. The average molecular weight is 712 g/mol. The summed E-state index contributed by atoms with van der Waals surface area (Å²) in [5, 5.41) is 12.5. The van der Waals surface area contributed by atoms with Crippen molar-refractivity contribution in [1.29, 1.82) is 0 Å². The third kappa shape index (κ3) is 5.47. The average Bonchev–Trinajstić information content (AvgIpc) is 3.59. The Bertz CT molecular complexity index is 2340. The van der Waals surface area contributed by atoms with Gasteiger partial charge in [0, 0.05) is 70.3 Å². The van der Waals surface area contributed by atoms with Crippen molar-refractivity contribution in [3.05, 3.63) is 98.4 Å². The number of carboxylic acid groups (broad SMARTS) is 1. The maximum atomic E-state index is 14.9. The number of benzene rings is 2. The number of fused-ring (bicyclic) bond motifs is 4. The molecule has 6 aromatic rings. The predicted molar refractivity (Wildman–Crippen MR) is 196 cm³/mol. The van der Waals surface area contributed by atoms with Gasteiger partial charge >= 0.3 is 5.97 Å². The van der Waals surface area contributed by atoms with Gasteiger partial charge in [0.2, 0.25) is 0 Å². The predicted octanol–water partition coefficient (Wildman–Crippen LogP) is 8.46. The first-order valence-electron chi connectivity index (χ1n) is 16.4. The number of amides is 1. The molecule has 0 saturated heterocycles. The van der Waals surface area contributed by atoms with Crippen LogP contribution in [0.15, 0.2) is 49.1 Å². The van der Waals surface area contributed by atoms with Gasteiger partial charge in [-0.25, -0.2) is 19.7 Å². The van der Waals surface area contributed by atoms with Crippen LogP contribution in [0.2, 0.25) is 10.0 Å². The Hall–Kier alpha value is -4.93. The number of aromatic nitrogens is 5. The molecular formula is C38H36Cl2N6O4. The summed E-state index contributed by atoms with van der Waals surface area (Å²) < 4.78 is 10.1. The molecule has 2 aromatic carbocycles. The molecule has 1 amide bonds. The number of rotatable bonds is 8. The molecule has 5 heterocycles. The molecule has 7 rings (SSSR count). The Kier molecular flexibility index (Phi) is 8.56. The van der Waals surface area contributed by atoms with Crippen LogP contribution in [0.25, 0.3) is 33.1 Å². The number of hydrogen-bond donors (Lipinski definition) is 1. The molecule has 0 bridgehead atoms. The lowest BCUT2D eigenvalue weighted by atomic mass is 9.97. The Labute approximate surface area is 299 Å². The van der Waals surface area contributed by atoms with Crippen LogP contribution in [0.5, 0.6) is 5.75 Å². The van der Waals surface area contributed by atoms with Crippen LogP contribution in [0, 0.1) is 27.7 Å². The van der Waals surface area contributed by atoms with Crippen LogP contribution >= 0.6 is 23.2 Å². The van der Waals surface area contributed by atoms with E-state index in [2.05, 4.69) is 26.4 Å². The normalized spacial score (nSPS) is 14.5. The zero-order valence-electron chi connectivity index (χ0n) is 28.6. The van der Waals surface area contributed by atoms with E-state index in [0.29, 0.717) is 53.4 Å². The van der Waals surface area contributed by atoms with Gasteiger partial charge in [-0.2, -0.15) is 0 Å². The number of aromatic carboxylic acids is 1. The SMILES string of the molecule is Cc1cc(OCCCc2c3n(c4c(-c5c(C)ncnc5C)c(Cl)ccc24)[C@H](C)CN(c2cn(C)c4ncc(C(=O)O)cc24)C3=O)cc(C)c1Cl. The largest absolute Gasteiger partial charge is 0.494 e. The number of ether oxygens (including phenoxy) is 1. The van der Waals surface area contributed by atoms with Crippen LogP contribution in [0.4, 0.5) is 5.69 Å². The Morgan fingerprint density at radius 2 is 1.70 bits per heavy atom. The van der Waals surface area contributed by atoms with Gasteiger partial charge in [-0.3, -0.25) is 4.79 Å². The van der Waals surface area contributed by atoms with E-state index in [0.717, 1.165) is 60.9 Å². The maximum absolute atomic E-state index is 14.9. The van der Waals surface area contributed by atoms with Crippen molar-refractivity contribution in [2.45, 2.75) is 53.5 Å². The minimum Gasteiger partial charge on any atom is -0.494 e. The number of halogens is 2. The summed E-state index contributed by atoms with van der Waals surface area (Å²) in [5.74, 6) is -0.522. The number of anilines is 1. The molecule has 1 aliphatic rings. The highest BCUT2D eigenvalue weighted by molar-refractivity contribution is 6.35. The second-order valence-corrected chi connectivity index (χ2v) is 13.8. The molecule has 0 aliphatic carbocycles. The zero-order chi connectivity index (χ0) is 35.6. The molecule has 10 nitrogen and oxygen atoms in total. The van der Waals surface area contributed by atoms with Crippen LogP contribution in [-0.2, 0) is 13.5 Å². The Morgan fingerprint density at radius 3 is 2.38 bits per heavy atom. The third-order valence-corrected chi connectivity index (χ3v) is 10.5. The van der Waals surface area contributed by atoms with Gasteiger partial charge in [0.05, 0.1) is 28.4 Å². The highest BCUT2D eigenvalue weighted by Crippen LogP contribution is 2.45. The standard InChI is InChI=1S/C38H36Cl2N6O4/c1-19-12-25(13-20(2)33(19)40)50-11-7-8-26-27-9-10-29(39)32(31-22(4)42-18-43-23(31)5)34(27)46-21(3)16-45(37(47)35(26)46)30-17-44(6)36-28(30)14-24(15-41-36)38(48)49/h9-10,12-15,17-18,21H,7-8,11,16H2,1-6H3,(H,48,49)/t21-/m1/s1. The van der Waals surface area contributed by atoms with Gasteiger partial charge in [-0.05, 0) is 88.4 Å². The minimum atomic E-state index is -1.08. The number of aryl methyl sites for hydroxylation is 6. The first kappa shape index (κ1) is 33.6. The lowest BCUT2D eigenvalue weighted by molar-refractivity contribution is 0.0696. The van der Waals surface area contributed by atoms with E-state index in [9.17, 15) is 14.7 Å². The molecule has 256 valence electrons. The fourth-order valence-electron chi connectivity index (χ4n) is 7.33. The third-order valence-electron chi connectivity index (χ3n) is 9.61. The monoisotopic (exact) mass is 710 g/mol. The van der Waals surface area contributed by atoms with Crippen LogP contribution in [0.3, 0.4) is 0 Å². The molecule has 0 radical (unpaired) electrons. The summed E-state index contributed by atoms with van der Waals surface area (Å²) in [6, 6.07) is 9.15. The highest BCUT2D eigenvalue weighted by Gasteiger charge is 2.37. The van der Waals surface area contributed by atoms with Crippen LogP contribution in [-0.4, -0.2) is 54.2 Å². The van der Waals surface area contributed by atoms with E-state index < -0.39 is 5.97 Å². The second kappa shape index (κ2) is 12.8. The second-order valence-electron chi connectivity index (χ2n) is 13.0. The number of hydrogen-bond acceptors (Lipinski definition) is 6. The van der Waals surface area contributed by atoms with Crippen molar-refractivity contribution < 1.29 is 19.4 Å².